The Labute approximate surface area is 147 Å². The van der Waals surface area contributed by atoms with E-state index in [-0.39, 0.29) is 24.8 Å². The highest BCUT2D eigenvalue weighted by molar-refractivity contribution is 5.85. The first-order valence-electron chi connectivity index (χ1n) is 8.40. The van der Waals surface area contributed by atoms with Crippen LogP contribution in [0.15, 0.2) is 0 Å². The molecule has 2 N–H and O–H groups in total. The fourth-order valence-corrected chi connectivity index (χ4v) is 3.94. The van der Waals surface area contributed by atoms with Crippen molar-refractivity contribution in [3.63, 3.8) is 0 Å². The van der Waals surface area contributed by atoms with Crippen molar-refractivity contribution in [3.05, 3.63) is 0 Å². The van der Waals surface area contributed by atoms with Crippen molar-refractivity contribution in [3.8, 4) is 0 Å². The van der Waals surface area contributed by atoms with Gasteiger partial charge in [0.05, 0.1) is 0 Å². The molecule has 1 spiro atoms. The van der Waals surface area contributed by atoms with E-state index in [0.29, 0.717) is 17.2 Å². The van der Waals surface area contributed by atoms with Crippen molar-refractivity contribution in [2.24, 2.45) is 17.3 Å². The molecule has 0 aromatic carbocycles. The minimum atomic E-state index is 0. The summed E-state index contributed by atoms with van der Waals surface area (Å²) in [6.07, 6.45) is 6.13. The SMILES string of the molecule is CC1CCN(CCNC(=O)C2CC23CCNCC3)CC1.Cl.Cl. The zero-order valence-electron chi connectivity index (χ0n) is 13.6. The van der Waals surface area contributed by atoms with Gasteiger partial charge in [0.1, 0.15) is 0 Å². The third-order valence-electron chi connectivity index (χ3n) is 5.71. The van der Waals surface area contributed by atoms with Gasteiger partial charge in [-0.2, -0.15) is 0 Å². The molecule has 6 heteroatoms. The van der Waals surface area contributed by atoms with Gasteiger partial charge in [-0.3, -0.25) is 4.79 Å². The summed E-state index contributed by atoms with van der Waals surface area (Å²) in [4.78, 5) is 14.7. The molecule has 1 atom stereocenters. The Morgan fingerprint density at radius 1 is 1.23 bits per heavy atom. The Bertz CT molecular complexity index is 353. The molecule has 130 valence electrons. The lowest BCUT2D eigenvalue weighted by molar-refractivity contribution is -0.123. The predicted molar refractivity (Wildman–Crippen MR) is 95.0 cm³/mol. The van der Waals surface area contributed by atoms with Gasteiger partial charge in [0.25, 0.3) is 0 Å². The maximum atomic E-state index is 12.2. The van der Waals surface area contributed by atoms with Crippen molar-refractivity contribution in [2.75, 3.05) is 39.3 Å². The van der Waals surface area contributed by atoms with Crippen LogP contribution in [0.25, 0.3) is 0 Å². The molecule has 3 aliphatic rings. The molecule has 2 aliphatic heterocycles. The second-order valence-electron chi connectivity index (χ2n) is 7.18. The van der Waals surface area contributed by atoms with Gasteiger partial charge in [0.2, 0.25) is 5.91 Å². The number of amides is 1. The van der Waals surface area contributed by atoms with E-state index in [2.05, 4.69) is 22.5 Å². The highest BCUT2D eigenvalue weighted by Gasteiger charge is 2.57. The summed E-state index contributed by atoms with van der Waals surface area (Å²) in [5, 5.41) is 6.56. The monoisotopic (exact) mass is 351 g/mol. The molecular formula is C16H31Cl2N3O. The maximum Gasteiger partial charge on any atom is 0.223 e. The molecule has 3 fully saturated rings. The first-order chi connectivity index (χ1) is 9.70. The van der Waals surface area contributed by atoms with E-state index in [9.17, 15) is 4.79 Å². The standard InChI is InChI=1S/C16H29N3O.2ClH/c1-13-2-9-19(10-3-13)11-8-18-15(20)14-12-16(14)4-6-17-7-5-16;;/h13-14,17H,2-12H2,1H3,(H,18,20);2*1H. The lowest BCUT2D eigenvalue weighted by Crippen LogP contribution is -2.40. The zero-order valence-corrected chi connectivity index (χ0v) is 15.2. The number of hydrogen-bond acceptors (Lipinski definition) is 3. The van der Waals surface area contributed by atoms with Crippen LogP contribution in [0.3, 0.4) is 0 Å². The average molecular weight is 352 g/mol. The smallest absolute Gasteiger partial charge is 0.223 e. The number of halogens is 2. The predicted octanol–water partition coefficient (Wildman–Crippen LogP) is 2.07. The molecule has 1 aliphatic carbocycles. The van der Waals surface area contributed by atoms with Crippen LogP contribution in [0.4, 0.5) is 0 Å². The highest BCUT2D eigenvalue weighted by atomic mass is 35.5. The van der Waals surface area contributed by atoms with Gasteiger partial charge in [-0.25, -0.2) is 0 Å². The molecule has 3 rings (SSSR count). The van der Waals surface area contributed by atoms with E-state index in [0.717, 1.165) is 38.5 Å². The molecule has 2 heterocycles. The summed E-state index contributed by atoms with van der Waals surface area (Å²) in [5.41, 5.74) is 0.371. The fraction of sp³-hybridized carbons (Fsp3) is 0.938. The average Bonchev–Trinajstić information content (AvgIpc) is 3.15. The Kier molecular flexibility index (Phi) is 7.93. The van der Waals surface area contributed by atoms with E-state index >= 15 is 0 Å². The van der Waals surface area contributed by atoms with Crippen LogP contribution in [0, 0.1) is 17.3 Å². The molecule has 1 amide bonds. The number of carbonyl (C=O) groups excluding carboxylic acids is 1. The minimum absolute atomic E-state index is 0. The van der Waals surface area contributed by atoms with Crippen molar-refractivity contribution < 1.29 is 4.79 Å². The quantitative estimate of drug-likeness (QED) is 0.814. The van der Waals surface area contributed by atoms with Crippen LogP contribution in [0.1, 0.15) is 39.0 Å². The lowest BCUT2D eigenvalue weighted by atomic mass is 9.92. The molecule has 0 aromatic rings. The van der Waals surface area contributed by atoms with Gasteiger partial charge in [0.15, 0.2) is 0 Å². The third-order valence-corrected chi connectivity index (χ3v) is 5.71. The number of piperidine rings is 2. The van der Waals surface area contributed by atoms with E-state index in [1.807, 2.05) is 0 Å². The van der Waals surface area contributed by atoms with Crippen LogP contribution >= 0.6 is 24.8 Å². The van der Waals surface area contributed by atoms with Crippen molar-refractivity contribution in [1.29, 1.82) is 0 Å². The molecule has 0 aromatic heterocycles. The molecule has 1 saturated carbocycles. The molecule has 0 bridgehead atoms. The van der Waals surface area contributed by atoms with Crippen LogP contribution in [0.2, 0.25) is 0 Å². The number of nitrogens with one attached hydrogen (secondary N) is 2. The van der Waals surface area contributed by atoms with Gasteiger partial charge < -0.3 is 15.5 Å². The van der Waals surface area contributed by atoms with Crippen LogP contribution in [-0.4, -0.2) is 50.1 Å². The Morgan fingerprint density at radius 2 is 1.86 bits per heavy atom. The normalized spacial score (nSPS) is 27.6. The maximum absolute atomic E-state index is 12.2. The molecule has 2 saturated heterocycles. The minimum Gasteiger partial charge on any atom is -0.355 e. The lowest BCUT2D eigenvalue weighted by Gasteiger charge is -2.30. The molecule has 1 unspecified atom stereocenters. The topological polar surface area (TPSA) is 44.4 Å². The number of likely N-dealkylation sites (tertiary alicyclic amines) is 1. The number of rotatable bonds is 4. The first kappa shape index (κ1) is 20.0. The van der Waals surface area contributed by atoms with Crippen molar-refractivity contribution >= 4 is 30.7 Å². The van der Waals surface area contributed by atoms with Crippen LogP contribution in [-0.2, 0) is 4.79 Å². The summed E-state index contributed by atoms with van der Waals surface area (Å²) in [6.45, 7) is 8.79. The number of carbonyl (C=O) groups is 1. The number of hydrogen-bond donors (Lipinski definition) is 2. The fourth-order valence-electron chi connectivity index (χ4n) is 3.94. The number of nitrogens with zero attached hydrogens (tertiary/aromatic N) is 1. The van der Waals surface area contributed by atoms with Gasteiger partial charge in [-0.05, 0) is 69.6 Å². The second-order valence-corrected chi connectivity index (χ2v) is 7.18. The summed E-state index contributed by atoms with van der Waals surface area (Å²) in [5.74, 6) is 1.51. The van der Waals surface area contributed by atoms with Crippen molar-refractivity contribution in [2.45, 2.75) is 39.0 Å². The molecule has 0 radical (unpaired) electrons. The van der Waals surface area contributed by atoms with Gasteiger partial charge in [-0.15, -0.1) is 24.8 Å². The van der Waals surface area contributed by atoms with E-state index in [1.165, 1.54) is 38.8 Å². The Balaban J connectivity index is 0.00000121. The molecule has 22 heavy (non-hydrogen) atoms. The summed E-state index contributed by atoms with van der Waals surface area (Å²) >= 11 is 0. The largest absolute Gasteiger partial charge is 0.355 e. The Hall–Kier alpha value is -0.0300. The van der Waals surface area contributed by atoms with E-state index in [4.69, 9.17) is 0 Å². The molecule has 4 nitrogen and oxygen atoms in total. The highest BCUT2D eigenvalue weighted by Crippen LogP contribution is 2.58. The second kappa shape index (κ2) is 8.72. The van der Waals surface area contributed by atoms with Crippen LogP contribution in [0.5, 0.6) is 0 Å². The summed E-state index contributed by atoms with van der Waals surface area (Å²) in [6, 6.07) is 0. The van der Waals surface area contributed by atoms with Crippen molar-refractivity contribution in [1.82, 2.24) is 15.5 Å². The van der Waals surface area contributed by atoms with Crippen LogP contribution < -0.4 is 10.6 Å². The van der Waals surface area contributed by atoms with Gasteiger partial charge in [-0.1, -0.05) is 6.92 Å². The van der Waals surface area contributed by atoms with Gasteiger partial charge in [0, 0.05) is 19.0 Å². The van der Waals surface area contributed by atoms with Gasteiger partial charge >= 0.3 is 0 Å². The zero-order chi connectivity index (χ0) is 14.0. The molecular weight excluding hydrogens is 321 g/mol. The summed E-state index contributed by atoms with van der Waals surface area (Å²) < 4.78 is 0. The van der Waals surface area contributed by atoms with E-state index in [1.54, 1.807) is 0 Å². The summed E-state index contributed by atoms with van der Waals surface area (Å²) in [7, 11) is 0. The van der Waals surface area contributed by atoms with E-state index < -0.39 is 0 Å². The third kappa shape index (κ3) is 4.73. The first-order valence-corrected chi connectivity index (χ1v) is 8.40. The Morgan fingerprint density at radius 3 is 2.50 bits per heavy atom.